The minimum atomic E-state index is 0.154. The lowest BCUT2D eigenvalue weighted by atomic mass is 9.87. The molecular weight excluding hydrogens is 292 g/mol. The van der Waals surface area contributed by atoms with E-state index in [9.17, 15) is 0 Å². The van der Waals surface area contributed by atoms with Crippen LogP contribution in [-0.2, 0) is 12.0 Å². The van der Waals surface area contributed by atoms with Crippen molar-refractivity contribution >= 4 is 23.0 Å². The van der Waals surface area contributed by atoms with Crippen LogP contribution in [0.4, 0.5) is 5.69 Å². The molecule has 2 rings (SSSR count). The molecule has 5 heteroatoms. The number of rotatable bonds is 3. The highest BCUT2D eigenvalue weighted by atomic mass is 32.1. The largest absolute Gasteiger partial charge is 0.357 e. The molecule has 1 heterocycles. The van der Waals surface area contributed by atoms with Gasteiger partial charge in [0.15, 0.2) is 5.11 Å². The molecule has 0 saturated carbocycles. The van der Waals surface area contributed by atoms with E-state index in [1.165, 1.54) is 5.56 Å². The number of aryl methyl sites for hydroxylation is 1. The molecule has 0 aliphatic rings. The molecule has 1 aromatic carbocycles. The maximum atomic E-state index is 5.30. The fourth-order valence-electron chi connectivity index (χ4n) is 1.91. The Morgan fingerprint density at radius 2 is 1.77 bits per heavy atom. The van der Waals surface area contributed by atoms with Crippen molar-refractivity contribution in [3.63, 3.8) is 0 Å². The summed E-state index contributed by atoms with van der Waals surface area (Å²) in [5, 5.41) is 6.88. The van der Waals surface area contributed by atoms with Crippen molar-refractivity contribution in [2.75, 3.05) is 5.32 Å². The number of nitrogens with zero attached hydrogens (tertiary/aromatic N) is 2. The van der Waals surface area contributed by atoms with Gasteiger partial charge in [-0.05, 0) is 42.3 Å². The summed E-state index contributed by atoms with van der Waals surface area (Å²) in [5.74, 6) is 0. The van der Waals surface area contributed by atoms with Crippen LogP contribution in [0.1, 0.15) is 37.7 Å². The second kappa shape index (κ2) is 6.83. The second-order valence-corrected chi connectivity index (χ2v) is 6.69. The van der Waals surface area contributed by atoms with Crippen LogP contribution in [0.15, 0.2) is 36.7 Å². The average molecular weight is 314 g/mol. The Morgan fingerprint density at radius 1 is 1.09 bits per heavy atom. The normalized spacial score (nSPS) is 11.1. The summed E-state index contributed by atoms with van der Waals surface area (Å²) in [6.45, 7) is 9.07. The van der Waals surface area contributed by atoms with Crippen molar-refractivity contribution in [3.05, 3.63) is 53.6 Å². The van der Waals surface area contributed by atoms with Crippen LogP contribution in [0, 0.1) is 6.92 Å². The highest BCUT2D eigenvalue weighted by Gasteiger charge is 2.12. The van der Waals surface area contributed by atoms with Gasteiger partial charge in [0.1, 0.15) is 0 Å². The molecule has 0 atom stereocenters. The highest BCUT2D eigenvalue weighted by molar-refractivity contribution is 7.80. The quantitative estimate of drug-likeness (QED) is 0.848. The van der Waals surface area contributed by atoms with Crippen molar-refractivity contribution in [2.24, 2.45) is 0 Å². The minimum Gasteiger partial charge on any atom is -0.357 e. The SMILES string of the molecule is Cc1cnc(CNC(=S)Nc2ccc(C(C)(C)C)cc2)cn1. The average Bonchev–Trinajstić information content (AvgIpc) is 2.46. The summed E-state index contributed by atoms with van der Waals surface area (Å²) in [6, 6.07) is 8.33. The third kappa shape index (κ3) is 4.77. The third-order valence-corrected chi connectivity index (χ3v) is 3.52. The first-order valence-electron chi connectivity index (χ1n) is 7.27. The fraction of sp³-hybridized carbons (Fsp3) is 0.353. The monoisotopic (exact) mass is 314 g/mol. The maximum Gasteiger partial charge on any atom is 0.171 e. The van der Waals surface area contributed by atoms with Gasteiger partial charge < -0.3 is 10.6 Å². The number of thiocarbonyl (C=S) groups is 1. The lowest BCUT2D eigenvalue weighted by Crippen LogP contribution is -2.28. The van der Waals surface area contributed by atoms with Gasteiger partial charge in [0.25, 0.3) is 0 Å². The molecule has 2 N–H and O–H groups in total. The molecule has 4 nitrogen and oxygen atoms in total. The summed E-state index contributed by atoms with van der Waals surface area (Å²) in [7, 11) is 0. The first-order chi connectivity index (χ1) is 10.3. The smallest absolute Gasteiger partial charge is 0.171 e. The van der Waals surface area contributed by atoms with Crippen molar-refractivity contribution in [1.82, 2.24) is 15.3 Å². The minimum absolute atomic E-state index is 0.154. The Morgan fingerprint density at radius 3 is 2.32 bits per heavy atom. The summed E-state index contributed by atoms with van der Waals surface area (Å²) in [5.41, 5.74) is 4.19. The van der Waals surface area contributed by atoms with Crippen LogP contribution in [-0.4, -0.2) is 15.1 Å². The first kappa shape index (κ1) is 16.4. The molecule has 116 valence electrons. The van der Waals surface area contributed by atoms with E-state index < -0.39 is 0 Å². The van der Waals surface area contributed by atoms with E-state index in [-0.39, 0.29) is 5.41 Å². The van der Waals surface area contributed by atoms with Crippen LogP contribution in [0.5, 0.6) is 0 Å². The third-order valence-electron chi connectivity index (χ3n) is 3.27. The molecule has 0 bridgehead atoms. The van der Waals surface area contributed by atoms with E-state index in [1.807, 2.05) is 19.1 Å². The fourth-order valence-corrected chi connectivity index (χ4v) is 2.10. The van der Waals surface area contributed by atoms with Gasteiger partial charge >= 0.3 is 0 Å². The molecule has 0 aliphatic heterocycles. The Kier molecular flexibility index (Phi) is 5.08. The standard InChI is InChI=1S/C17H22N4S/c1-12-9-19-15(10-18-12)11-20-16(22)21-14-7-5-13(6-8-14)17(2,3)4/h5-10H,11H2,1-4H3,(H2,20,21,22). The van der Waals surface area contributed by atoms with Crippen LogP contribution in [0.2, 0.25) is 0 Å². The van der Waals surface area contributed by atoms with Crippen LogP contribution in [0.25, 0.3) is 0 Å². The summed E-state index contributed by atoms with van der Waals surface area (Å²) in [6.07, 6.45) is 3.50. The number of hydrogen-bond donors (Lipinski definition) is 2. The van der Waals surface area contributed by atoms with Gasteiger partial charge in [-0.1, -0.05) is 32.9 Å². The Labute approximate surface area is 137 Å². The van der Waals surface area contributed by atoms with E-state index in [0.717, 1.165) is 17.1 Å². The highest BCUT2D eigenvalue weighted by Crippen LogP contribution is 2.23. The van der Waals surface area contributed by atoms with Crippen molar-refractivity contribution < 1.29 is 0 Å². The van der Waals surface area contributed by atoms with Crippen molar-refractivity contribution in [3.8, 4) is 0 Å². The van der Waals surface area contributed by atoms with E-state index >= 15 is 0 Å². The zero-order valence-corrected chi connectivity index (χ0v) is 14.3. The van der Waals surface area contributed by atoms with Crippen LogP contribution in [0.3, 0.4) is 0 Å². The predicted molar refractivity (Wildman–Crippen MR) is 95.0 cm³/mol. The molecular formula is C17H22N4S. The number of benzene rings is 1. The molecule has 1 aromatic heterocycles. The molecule has 22 heavy (non-hydrogen) atoms. The van der Waals surface area contributed by atoms with E-state index in [1.54, 1.807) is 12.4 Å². The van der Waals surface area contributed by atoms with Crippen molar-refractivity contribution in [1.29, 1.82) is 0 Å². The van der Waals surface area contributed by atoms with Gasteiger partial charge in [0.05, 0.1) is 24.1 Å². The Bertz CT molecular complexity index is 627. The first-order valence-corrected chi connectivity index (χ1v) is 7.68. The van der Waals surface area contributed by atoms with Crippen molar-refractivity contribution in [2.45, 2.75) is 39.7 Å². The lowest BCUT2D eigenvalue weighted by Gasteiger charge is -2.19. The molecule has 2 aromatic rings. The van der Waals surface area contributed by atoms with E-state index in [2.05, 4.69) is 53.5 Å². The summed E-state index contributed by atoms with van der Waals surface area (Å²) < 4.78 is 0. The summed E-state index contributed by atoms with van der Waals surface area (Å²) in [4.78, 5) is 8.49. The predicted octanol–water partition coefficient (Wildman–Crippen LogP) is 3.57. The van der Waals surface area contributed by atoms with Gasteiger partial charge in [-0.25, -0.2) is 0 Å². The topological polar surface area (TPSA) is 49.8 Å². The maximum absolute atomic E-state index is 5.30. The zero-order valence-electron chi connectivity index (χ0n) is 13.5. The number of anilines is 1. The van der Waals surface area contributed by atoms with Gasteiger partial charge in [-0.2, -0.15) is 0 Å². The molecule has 0 fully saturated rings. The molecule has 0 amide bonds. The van der Waals surface area contributed by atoms with Crippen LogP contribution < -0.4 is 10.6 Å². The zero-order chi connectivity index (χ0) is 16.2. The van der Waals surface area contributed by atoms with Gasteiger partial charge in [-0.15, -0.1) is 0 Å². The van der Waals surface area contributed by atoms with E-state index in [4.69, 9.17) is 12.2 Å². The Balaban J connectivity index is 1.88. The number of hydrogen-bond acceptors (Lipinski definition) is 3. The molecule has 0 aliphatic carbocycles. The molecule has 0 saturated heterocycles. The van der Waals surface area contributed by atoms with Crippen LogP contribution >= 0.6 is 12.2 Å². The summed E-state index contributed by atoms with van der Waals surface area (Å²) >= 11 is 5.30. The molecule has 0 unspecified atom stereocenters. The van der Waals surface area contributed by atoms with Gasteiger partial charge in [0.2, 0.25) is 0 Å². The second-order valence-electron chi connectivity index (χ2n) is 6.28. The van der Waals surface area contributed by atoms with Gasteiger partial charge in [-0.3, -0.25) is 9.97 Å². The number of aromatic nitrogens is 2. The molecule has 0 spiro atoms. The van der Waals surface area contributed by atoms with Gasteiger partial charge in [0, 0.05) is 11.9 Å². The molecule has 0 radical (unpaired) electrons. The number of nitrogens with one attached hydrogen (secondary N) is 2. The lowest BCUT2D eigenvalue weighted by molar-refractivity contribution is 0.590. The van der Waals surface area contributed by atoms with E-state index in [0.29, 0.717) is 11.7 Å². The Hall–Kier alpha value is -2.01.